The topological polar surface area (TPSA) is 125 Å². The van der Waals surface area contributed by atoms with Crippen molar-refractivity contribution in [2.45, 2.75) is 38.1 Å². The van der Waals surface area contributed by atoms with Crippen LogP contribution in [0.5, 0.6) is 0 Å². The second-order valence-corrected chi connectivity index (χ2v) is 9.34. The third-order valence-electron chi connectivity index (χ3n) is 4.91. The van der Waals surface area contributed by atoms with Crippen LogP contribution in [0.2, 0.25) is 0 Å². The number of carbonyl (C=O) groups excluding carboxylic acids is 2. The van der Waals surface area contributed by atoms with Crippen molar-refractivity contribution >= 4 is 27.6 Å². The molecule has 2 N–H and O–H groups in total. The molecule has 0 saturated heterocycles. The number of rotatable bonds is 8. The Morgan fingerprint density at radius 2 is 1.91 bits per heavy atom. The first kappa shape index (κ1) is 24.8. The summed E-state index contributed by atoms with van der Waals surface area (Å²) >= 11 is 0. The summed E-state index contributed by atoms with van der Waals surface area (Å²) in [4.78, 5) is 24.1. The zero-order valence-corrected chi connectivity index (χ0v) is 18.9. The molecule has 170 valence electrons. The zero-order chi connectivity index (χ0) is 24.1. The molecule has 0 heterocycles. The van der Waals surface area contributed by atoms with E-state index in [1.165, 1.54) is 37.3 Å². The summed E-state index contributed by atoms with van der Waals surface area (Å²) in [5, 5.41) is 11.8. The number of hydrogen-bond acceptors (Lipinski definition) is 6. The Kier molecular flexibility index (Phi) is 7.59. The molecule has 0 radical (unpaired) electrons. The molecular formula is C22H24FN3O5S. The number of nitriles is 1. The lowest BCUT2D eigenvalue weighted by molar-refractivity contribution is -0.125. The standard InChI is InChI=1S/C22H24FN3O5S/c1-14(2)22(4,13-24)25-20(27)12-31-21(28)16-6-5-7-18(10-16)26-32(29,30)19-11-17(23)9-8-15(19)3/h5-11,14,26H,12H2,1-4H3,(H,25,27)/t22-/m0/s1. The van der Waals surface area contributed by atoms with Crippen molar-refractivity contribution in [2.75, 3.05) is 11.3 Å². The van der Waals surface area contributed by atoms with E-state index in [9.17, 15) is 27.7 Å². The minimum absolute atomic E-state index is 0.000804. The van der Waals surface area contributed by atoms with Gasteiger partial charge in [0.1, 0.15) is 11.4 Å². The maximum absolute atomic E-state index is 13.5. The Labute approximate surface area is 186 Å². The Balaban J connectivity index is 2.09. The van der Waals surface area contributed by atoms with E-state index in [4.69, 9.17) is 4.74 Å². The van der Waals surface area contributed by atoms with Crippen LogP contribution in [0.25, 0.3) is 0 Å². The lowest BCUT2D eigenvalue weighted by Crippen LogP contribution is -2.50. The molecule has 2 aromatic rings. The number of nitrogens with zero attached hydrogens (tertiary/aromatic N) is 1. The van der Waals surface area contributed by atoms with Crippen molar-refractivity contribution in [1.29, 1.82) is 5.26 Å². The van der Waals surface area contributed by atoms with Crippen LogP contribution in [0.3, 0.4) is 0 Å². The lowest BCUT2D eigenvalue weighted by atomic mass is 9.90. The minimum atomic E-state index is -4.10. The highest BCUT2D eigenvalue weighted by atomic mass is 32.2. The average molecular weight is 462 g/mol. The van der Waals surface area contributed by atoms with Crippen molar-refractivity contribution in [3.63, 3.8) is 0 Å². The predicted octanol–water partition coefficient (Wildman–Crippen LogP) is 3.15. The van der Waals surface area contributed by atoms with Crippen molar-refractivity contribution in [3.05, 3.63) is 59.4 Å². The second kappa shape index (κ2) is 9.78. The van der Waals surface area contributed by atoms with Crippen molar-refractivity contribution in [1.82, 2.24) is 5.32 Å². The van der Waals surface area contributed by atoms with Crippen molar-refractivity contribution < 1.29 is 27.1 Å². The molecule has 0 spiro atoms. The van der Waals surface area contributed by atoms with Gasteiger partial charge in [-0.25, -0.2) is 17.6 Å². The van der Waals surface area contributed by atoms with Gasteiger partial charge in [-0.05, 0) is 55.7 Å². The number of hydrogen-bond donors (Lipinski definition) is 2. The molecule has 1 amide bonds. The number of anilines is 1. The van der Waals surface area contributed by atoms with Gasteiger partial charge in [-0.15, -0.1) is 0 Å². The molecule has 0 aliphatic carbocycles. The van der Waals surface area contributed by atoms with Crippen LogP contribution in [0.1, 0.15) is 36.7 Å². The molecule has 32 heavy (non-hydrogen) atoms. The van der Waals surface area contributed by atoms with Gasteiger partial charge in [-0.1, -0.05) is 26.0 Å². The first-order valence-electron chi connectivity index (χ1n) is 9.66. The van der Waals surface area contributed by atoms with Gasteiger partial charge in [-0.2, -0.15) is 5.26 Å². The molecule has 0 aliphatic heterocycles. The Morgan fingerprint density at radius 1 is 1.22 bits per heavy atom. The number of nitrogens with one attached hydrogen (secondary N) is 2. The van der Waals surface area contributed by atoms with E-state index in [0.29, 0.717) is 5.56 Å². The van der Waals surface area contributed by atoms with Gasteiger partial charge in [0.15, 0.2) is 6.61 Å². The number of halogens is 1. The third kappa shape index (κ3) is 6.04. The number of carbonyl (C=O) groups is 2. The Hall–Kier alpha value is -3.45. The van der Waals surface area contributed by atoms with Crippen LogP contribution < -0.4 is 10.0 Å². The van der Waals surface area contributed by atoms with E-state index in [-0.39, 0.29) is 22.1 Å². The maximum Gasteiger partial charge on any atom is 0.338 e. The van der Waals surface area contributed by atoms with Crippen LogP contribution in [0.15, 0.2) is 47.4 Å². The zero-order valence-electron chi connectivity index (χ0n) is 18.1. The van der Waals surface area contributed by atoms with Crippen molar-refractivity contribution in [3.8, 4) is 6.07 Å². The predicted molar refractivity (Wildman–Crippen MR) is 116 cm³/mol. The highest BCUT2D eigenvalue weighted by molar-refractivity contribution is 7.92. The maximum atomic E-state index is 13.5. The normalized spacial score (nSPS) is 13.0. The summed E-state index contributed by atoms with van der Waals surface area (Å²) in [6, 6.07) is 10.9. The summed E-state index contributed by atoms with van der Waals surface area (Å²) in [5.41, 5.74) is -0.701. The summed E-state index contributed by atoms with van der Waals surface area (Å²) in [6.07, 6.45) is 0. The summed E-state index contributed by atoms with van der Waals surface area (Å²) in [6.45, 7) is 6.03. The number of aryl methyl sites for hydroxylation is 1. The largest absolute Gasteiger partial charge is 0.452 e. The fourth-order valence-electron chi connectivity index (χ4n) is 2.62. The van der Waals surface area contributed by atoms with Crippen LogP contribution in [-0.2, 0) is 19.6 Å². The lowest BCUT2D eigenvalue weighted by Gasteiger charge is -2.27. The van der Waals surface area contributed by atoms with Crippen LogP contribution in [0, 0.1) is 30.0 Å². The molecule has 0 aliphatic rings. The Bertz CT molecular complexity index is 1170. The highest BCUT2D eigenvalue weighted by Crippen LogP contribution is 2.21. The molecule has 2 aromatic carbocycles. The van der Waals surface area contributed by atoms with Crippen LogP contribution in [-0.4, -0.2) is 32.4 Å². The van der Waals surface area contributed by atoms with Crippen LogP contribution >= 0.6 is 0 Å². The summed E-state index contributed by atoms with van der Waals surface area (Å²) in [7, 11) is -4.10. The molecule has 8 nitrogen and oxygen atoms in total. The van der Waals surface area contributed by atoms with Gasteiger partial charge in [0.25, 0.3) is 15.9 Å². The smallest absolute Gasteiger partial charge is 0.338 e. The van der Waals surface area contributed by atoms with Gasteiger partial charge in [-0.3, -0.25) is 9.52 Å². The fourth-order valence-corrected chi connectivity index (χ4v) is 3.93. The highest BCUT2D eigenvalue weighted by Gasteiger charge is 2.30. The average Bonchev–Trinajstić information content (AvgIpc) is 2.73. The van der Waals surface area contributed by atoms with Crippen LogP contribution in [0.4, 0.5) is 10.1 Å². The van der Waals surface area contributed by atoms with E-state index >= 15 is 0 Å². The van der Waals surface area contributed by atoms with E-state index in [1.54, 1.807) is 20.8 Å². The monoisotopic (exact) mass is 461 g/mol. The minimum Gasteiger partial charge on any atom is -0.452 e. The number of benzene rings is 2. The van der Waals surface area contributed by atoms with Gasteiger partial charge in [0, 0.05) is 5.69 Å². The van der Waals surface area contributed by atoms with Gasteiger partial charge >= 0.3 is 5.97 Å². The molecule has 10 heteroatoms. The van der Waals surface area contributed by atoms with E-state index in [2.05, 4.69) is 10.0 Å². The quantitative estimate of drug-likeness (QED) is 0.582. The first-order valence-corrected chi connectivity index (χ1v) is 11.1. The molecule has 0 unspecified atom stereocenters. The molecule has 0 aromatic heterocycles. The SMILES string of the molecule is Cc1ccc(F)cc1S(=O)(=O)Nc1cccc(C(=O)OCC(=O)N[C@@](C)(C#N)C(C)C)c1. The Morgan fingerprint density at radius 3 is 2.53 bits per heavy atom. The molecule has 0 bridgehead atoms. The van der Waals surface area contributed by atoms with E-state index in [1.807, 2.05) is 6.07 Å². The van der Waals surface area contributed by atoms with E-state index < -0.39 is 39.9 Å². The molecular weight excluding hydrogens is 437 g/mol. The molecule has 1 atom stereocenters. The number of esters is 1. The molecule has 0 saturated carbocycles. The number of amides is 1. The number of ether oxygens (including phenoxy) is 1. The summed E-state index contributed by atoms with van der Waals surface area (Å²) < 4.78 is 46.0. The fraction of sp³-hybridized carbons (Fsp3) is 0.318. The van der Waals surface area contributed by atoms with Gasteiger partial charge in [0.2, 0.25) is 0 Å². The van der Waals surface area contributed by atoms with Crippen molar-refractivity contribution in [2.24, 2.45) is 5.92 Å². The van der Waals surface area contributed by atoms with Gasteiger partial charge in [0.05, 0.1) is 16.5 Å². The van der Waals surface area contributed by atoms with E-state index in [0.717, 1.165) is 12.1 Å². The second-order valence-electron chi connectivity index (χ2n) is 7.69. The molecule has 0 fully saturated rings. The molecule has 2 rings (SSSR count). The third-order valence-corrected chi connectivity index (χ3v) is 6.43. The summed E-state index contributed by atoms with van der Waals surface area (Å²) in [5.74, 6) is -2.36. The van der Waals surface area contributed by atoms with Gasteiger partial charge < -0.3 is 10.1 Å². The number of sulfonamides is 1. The first-order chi connectivity index (χ1) is 14.9.